The number of oxime groups is 1. The smallest absolute Gasteiger partial charge is 0.254 e. The van der Waals surface area contributed by atoms with Crippen LogP contribution >= 0.6 is 0 Å². The second-order valence-corrected chi connectivity index (χ2v) is 7.06. The third kappa shape index (κ3) is 5.60. The zero-order valence-corrected chi connectivity index (χ0v) is 17.8. The number of rotatable bonds is 8. The maximum atomic E-state index is 14.9. The molecule has 172 valence electrons. The van der Waals surface area contributed by atoms with Gasteiger partial charge in [0.1, 0.15) is 17.5 Å². The number of halogens is 2. The van der Waals surface area contributed by atoms with E-state index in [-0.39, 0.29) is 30.4 Å². The van der Waals surface area contributed by atoms with E-state index in [9.17, 15) is 13.6 Å². The SMILES string of the molecule is CCOC(C(=O)NCc1ccc(/C(N)=N\O)cc1)c1c(F)cc(-c2ccc(N)nc2)cc1F. The molecule has 0 saturated heterocycles. The molecule has 6 N–H and O–H groups in total. The normalized spacial score (nSPS) is 12.4. The van der Waals surface area contributed by atoms with Crippen LogP contribution in [-0.4, -0.2) is 28.5 Å². The molecule has 0 bridgehead atoms. The van der Waals surface area contributed by atoms with Gasteiger partial charge in [0.25, 0.3) is 5.91 Å². The molecule has 0 saturated carbocycles. The molecular formula is C23H23F2N5O3. The van der Waals surface area contributed by atoms with Gasteiger partial charge in [0.05, 0.1) is 5.56 Å². The molecule has 0 spiro atoms. The number of pyridine rings is 1. The van der Waals surface area contributed by atoms with Crippen molar-refractivity contribution in [3.8, 4) is 11.1 Å². The highest BCUT2D eigenvalue weighted by Gasteiger charge is 2.28. The van der Waals surface area contributed by atoms with Crippen molar-refractivity contribution >= 4 is 17.6 Å². The Bertz CT molecular complexity index is 1130. The summed E-state index contributed by atoms with van der Waals surface area (Å²) in [5.41, 5.74) is 12.5. The molecule has 3 aromatic rings. The third-order valence-electron chi connectivity index (χ3n) is 4.86. The van der Waals surface area contributed by atoms with Crippen molar-refractivity contribution < 1.29 is 23.5 Å². The van der Waals surface area contributed by atoms with E-state index < -0.39 is 29.2 Å². The number of amides is 1. The summed E-state index contributed by atoms with van der Waals surface area (Å²) in [7, 11) is 0. The number of nitrogens with two attached hydrogens (primary N) is 2. The first-order chi connectivity index (χ1) is 15.8. The van der Waals surface area contributed by atoms with Crippen LogP contribution in [0.3, 0.4) is 0 Å². The molecule has 0 radical (unpaired) electrons. The highest BCUT2D eigenvalue weighted by atomic mass is 19.1. The van der Waals surface area contributed by atoms with Gasteiger partial charge in [-0.2, -0.15) is 0 Å². The molecule has 0 aliphatic heterocycles. The van der Waals surface area contributed by atoms with Gasteiger partial charge in [-0.05, 0) is 42.3 Å². The summed E-state index contributed by atoms with van der Waals surface area (Å²) in [5, 5.41) is 14.2. The van der Waals surface area contributed by atoms with E-state index in [2.05, 4.69) is 15.5 Å². The summed E-state index contributed by atoms with van der Waals surface area (Å²) in [6.07, 6.45) is -0.0774. The van der Waals surface area contributed by atoms with Crippen LogP contribution in [0, 0.1) is 11.6 Å². The van der Waals surface area contributed by atoms with Gasteiger partial charge in [-0.1, -0.05) is 29.4 Å². The first-order valence-corrected chi connectivity index (χ1v) is 10.0. The lowest BCUT2D eigenvalue weighted by atomic mass is 10.0. The van der Waals surface area contributed by atoms with Crippen molar-refractivity contribution in [2.75, 3.05) is 12.3 Å². The minimum atomic E-state index is -1.48. The third-order valence-corrected chi connectivity index (χ3v) is 4.86. The van der Waals surface area contributed by atoms with E-state index in [1.807, 2.05) is 0 Å². The molecular weight excluding hydrogens is 432 g/mol. The fraction of sp³-hybridized carbons (Fsp3) is 0.174. The van der Waals surface area contributed by atoms with E-state index in [0.717, 1.165) is 12.1 Å². The van der Waals surface area contributed by atoms with Crippen molar-refractivity contribution in [2.24, 2.45) is 10.9 Å². The maximum Gasteiger partial charge on any atom is 0.254 e. The minimum Gasteiger partial charge on any atom is -0.409 e. The van der Waals surface area contributed by atoms with Gasteiger partial charge in [-0.25, -0.2) is 13.8 Å². The van der Waals surface area contributed by atoms with Gasteiger partial charge in [0.15, 0.2) is 11.9 Å². The summed E-state index contributed by atoms with van der Waals surface area (Å²) in [4.78, 5) is 16.7. The predicted octanol–water partition coefficient (Wildman–Crippen LogP) is 3.10. The Kier molecular flexibility index (Phi) is 7.52. The fourth-order valence-corrected chi connectivity index (χ4v) is 3.17. The topological polar surface area (TPSA) is 136 Å². The molecule has 1 atom stereocenters. The number of hydrogen-bond acceptors (Lipinski definition) is 6. The molecule has 3 rings (SSSR count). The van der Waals surface area contributed by atoms with Crippen LogP contribution in [0.4, 0.5) is 14.6 Å². The zero-order chi connectivity index (χ0) is 24.0. The molecule has 0 fully saturated rings. The van der Waals surface area contributed by atoms with Crippen LogP contribution in [0.1, 0.15) is 29.7 Å². The Morgan fingerprint density at radius 3 is 2.36 bits per heavy atom. The minimum absolute atomic E-state index is 0.0499. The van der Waals surface area contributed by atoms with Crippen molar-refractivity contribution in [2.45, 2.75) is 19.6 Å². The highest BCUT2D eigenvalue weighted by Crippen LogP contribution is 2.30. The number of nitrogens with zero attached hydrogens (tertiary/aromatic N) is 2. The first-order valence-electron chi connectivity index (χ1n) is 10.0. The molecule has 1 heterocycles. The number of benzene rings is 2. The largest absolute Gasteiger partial charge is 0.409 e. The molecule has 1 aromatic heterocycles. The van der Waals surface area contributed by atoms with Crippen molar-refractivity contribution in [3.63, 3.8) is 0 Å². The van der Waals surface area contributed by atoms with Crippen molar-refractivity contribution in [1.29, 1.82) is 0 Å². The van der Waals surface area contributed by atoms with Crippen molar-refractivity contribution in [1.82, 2.24) is 10.3 Å². The number of anilines is 1. The van der Waals surface area contributed by atoms with Crippen molar-refractivity contribution in [3.05, 3.63) is 83.1 Å². The number of nitrogens with one attached hydrogen (secondary N) is 1. The van der Waals surface area contributed by atoms with E-state index in [1.165, 1.54) is 12.3 Å². The molecule has 0 aliphatic carbocycles. The summed E-state index contributed by atoms with van der Waals surface area (Å²) < 4.78 is 35.3. The van der Waals surface area contributed by atoms with Gasteiger partial charge >= 0.3 is 0 Å². The van der Waals surface area contributed by atoms with Crippen LogP contribution in [0.5, 0.6) is 0 Å². The summed E-state index contributed by atoms with van der Waals surface area (Å²) in [5.74, 6) is -2.30. The van der Waals surface area contributed by atoms with Gasteiger partial charge in [0.2, 0.25) is 0 Å². The van der Waals surface area contributed by atoms with Crippen LogP contribution in [0.15, 0.2) is 59.9 Å². The van der Waals surface area contributed by atoms with Gasteiger partial charge < -0.3 is 26.7 Å². The van der Waals surface area contributed by atoms with Crippen LogP contribution < -0.4 is 16.8 Å². The molecule has 10 heteroatoms. The first kappa shape index (κ1) is 23.6. The summed E-state index contributed by atoms with van der Waals surface area (Å²) in [6, 6.07) is 11.9. The Morgan fingerprint density at radius 1 is 1.15 bits per heavy atom. The number of aromatic nitrogens is 1. The molecule has 0 aliphatic rings. The predicted molar refractivity (Wildman–Crippen MR) is 119 cm³/mol. The van der Waals surface area contributed by atoms with E-state index in [1.54, 1.807) is 37.3 Å². The number of ether oxygens (including phenoxy) is 1. The number of nitrogen functional groups attached to an aromatic ring is 1. The molecule has 1 amide bonds. The Morgan fingerprint density at radius 2 is 1.82 bits per heavy atom. The molecule has 8 nitrogen and oxygen atoms in total. The lowest BCUT2D eigenvalue weighted by Crippen LogP contribution is -2.31. The maximum absolute atomic E-state index is 14.9. The zero-order valence-electron chi connectivity index (χ0n) is 17.8. The average molecular weight is 455 g/mol. The lowest BCUT2D eigenvalue weighted by Gasteiger charge is -2.19. The molecule has 33 heavy (non-hydrogen) atoms. The second kappa shape index (κ2) is 10.5. The van der Waals surface area contributed by atoms with Gasteiger partial charge in [-0.15, -0.1) is 0 Å². The standard InChI is InChI=1S/C23H23F2N5O3/c1-2-33-21(23(31)29-11-13-3-5-14(6-4-13)22(27)30-32)20-17(24)9-16(10-18(20)25)15-7-8-19(26)28-12-15/h3-10,12,21,32H,2,11H2,1H3,(H2,26,28)(H2,27,30)(H,29,31). The lowest BCUT2D eigenvalue weighted by molar-refractivity contribution is -0.133. The summed E-state index contributed by atoms with van der Waals surface area (Å²) in [6.45, 7) is 1.77. The number of hydrogen-bond donors (Lipinski definition) is 4. The quantitative estimate of drug-likeness (QED) is 0.178. The Labute approximate surface area is 188 Å². The van der Waals surface area contributed by atoms with Crippen LogP contribution in [-0.2, 0) is 16.1 Å². The Hall–Kier alpha value is -4.05. The molecule has 2 aromatic carbocycles. The van der Waals surface area contributed by atoms with E-state index in [0.29, 0.717) is 16.7 Å². The van der Waals surface area contributed by atoms with Crippen LogP contribution in [0.2, 0.25) is 0 Å². The van der Waals surface area contributed by atoms with Gasteiger partial charge in [0, 0.05) is 30.5 Å². The second-order valence-electron chi connectivity index (χ2n) is 7.06. The van der Waals surface area contributed by atoms with E-state index >= 15 is 0 Å². The van der Waals surface area contributed by atoms with Crippen LogP contribution in [0.25, 0.3) is 11.1 Å². The number of carbonyl (C=O) groups excluding carboxylic acids is 1. The fourth-order valence-electron chi connectivity index (χ4n) is 3.17. The summed E-state index contributed by atoms with van der Waals surface area (Å²) >= 11 is 0. The molecule has 1 unspecified atom stereocenters. The van der Waals surface area contributed by atoms with E-state index in [4.69, 9.17) is 21.4 Å². The van der Waals surface area contributed by atoms with Gasteiger partial charge in [-0.3, -0.25) is 4.79 Å². The Balaban J connectivity index is 1.80. The number of amidine groups is 1. The average Bonchev–Trinajstić information content (AvgIpc) is 2.81. The highest BCUT2D eigenvalue weighted by molar-refractivity contribution is 5.97. The monoisotopic (exact) mass is 455 g/mol. The number of carbonyl (C=O) groups is 1.